The van der Waals surface area contributed by atoms with Crippen molar-refractivity contribution in [2.45, 2.75) is 12.7 Å². The lowest BCUT2D eigenvalue weighted by Gasteiger charge is -2.37. The number of anilines is 1. The van der Waals surface area contributed by atoms with Crippen LogP contribution in [0.1, 0.15) is 16.7 Å². The van der Waals surface area contributed by atoms with Gasteiger partial charge in [-0.25, -0.2) is 0 Å². The first-order valence-electron chi connectivity index (χ1n) is 10.7. The van der Waals surface area contributed by atoms with Crippen molar-refractivity contribution < 1.29 is 32.2 Å². The highest BCUT2D eigenvalue weighted by atomic mass is 35.5. The summed E-state index contributed by atoms with van der Waals surface area (Å²) < 4.78 is 51.2. The number of thioether (sulfide) groups is 1. The summed E-state index contributed by atoms with van der Waals surface area (Å²) in [5.74, 6) is 0.781. The van der Waals surface area contributed by atoms with Crippen molar-refractivity contribution in [3.63, 3.8) is 0 Å². The highest BCUT2D eigenvalue weighted by Gasteiger charge is 2.34. The van der Waals surface area contributed by atoms with E-state index in [1.54, 1.807) is 0 Å². The Labute approximate surface area is 207 Å². The number of nitrogens with one attached hydrogen (secondary N) is 1. The molecule has 0 radical (unpaired) electrons. The van der Waals surface area contributed by atoms with Crippen LogP contribution in [-0.4, -0.2) is 49.0 Å². The summed E-state index contributed by atoms with van der Waals surface area (Å²) in [5.41, 5.74) is 0.688. The lowest BCUT2D eigenvalue weighted by molar-refractivity contribution is -0.137. The lowest BCUT2D eigenvalue weighted by atomic mass is 10.0. The Morgan fingerprint density at radius 2 is 1.80 bits per heavy atom. The number of fused-ring (bicyclic) bond motifs is 1. The number of halogens is 4. The van der Waals surface area contributed by atoms with Crippen LogP contribution in [0.25, 0.3) is 6.08 Å². The van der Waals surface area contributed by atoms with Crippen LogP contribution in [0.3, 0.4) is 0 Å². The summed E-state index contributed by atoms with van der Waals surface area (Å²) >= 11 is 7.00. The minimum atomic E-state index is -4.61. The highest BCUT2D eigenvalue weighted by Crippen LogP contribution is 2.40. The van der Waals surface area contributed by atoms with E-state index in [4.69, 9.17) is 21.1 Å². The second-order valence-corrected chi connectivity index (χ2v) is 9.62. The number of amides is 2. The van der Waals surface area contributed by atoms with Gasteiger partial charge >= 0.3 is 6.18 Å². The highest BCUT2D eigenvalue weighted by molar-refractivity contribution is 8.18. The molecule has 7 nitrogen and oxygen atoms in total. The van der Waals surface area contributed by atoms with Crippen LogP contribution in [0.4, 0.5) is 23.7 Å². The second-order valence-electron chi connectivity index (χ2n) is 8.20. The number of rotatable bonds is 4. The Morgan fingerprint density at radius 3 is 2.49 bits per heavy atom. The van der Waals surface area contributed by atoms with Crippen molar-refractivity contribution >= 4 is 46.3 Å². The van der Waals surface area contributed by atoms with Gasteiger partial charge in [0.25, 0.3) is 11.1 Å². The Balaban J connectivity index is 1.37. The number of carbonyl (C=O) groups excluding carboxylic acids is 2. The van der Waals surface area contributed by atoms with E-state index < -0.39 is 22.9 Å². The van der Waals surface area contributed by atoms with E-state index in [0.29, 0.717) is 61.7 Å². The van der Waals surface area contributed by atoms with Crippen molar-refractivity contribution in [3.05, 3.63) is 56.9 Å². The van der Waals surface area contributed by atoms with E-state index in [2.05, 4.69) is 10.2 Å². The molecule has 3 aliphatic heterocycles. The fourth-order valence-corrected chi connectivity index (χ4v) is 5.24. The number of hydrogen-bond donors (Lipinski definition) is 1. The molecule has 2 amide bonds. The monoisotopic (exact) mass is 525 g/mol. The molecule has 5 rings (SSSR count). The van der Waals surface area contributed by atoms with E-state index in [1.165, 1.54) is 6.08 Å². The molecular weight excluding hydrogens is 507 g/mol. The van der Waals surface area contributed by atoms with Crippen LogP contribution >= 0.6 is 23.4 Å². The molecule has 0 unspecified atom stereocenters. The average molecular weight is 526 g/mol. The topological polar surface area (TPSA) is 71.1 Å². The minimum Gasteiger partial charge on any atom is -0.454 e. The third-order valence-corrected chi connectivity index (χ3v) is 6.98. The minimum absolute atomic E-state index is 0.0214. The Bertz CT molecular complexity index is 1230. The largest absolute Gasteiger partial charge is 0.454 e. The van der Waals surface area contributed by atoms with Gasteiger partial charge in [-0.15, -0.1) is 0 Å². The van der Waals surface area contributed by atoms with Gasteiger partial charge in [0.05, 0.1) is 21.2 Å². The first kappa shape index (κ1) is 23.8. The Morgan fingerprint density at radius 1 is 1.06 bits per heavy atom. The molecular formula is C23H19ClF3N3O4S. The number of nitrogens with zero attached hydrogens (tertiary/aromatic N) is 2. The van der Waals surface area contributed by atoms with E-state index in [0.717, 1.165) is 17.7 Å². The number of imide groups is 1. The summed E-state index contributed by atoms with van der Waals surface area (Å²) in [7, 11) is 0. The first-order valence-corrected chi connectivity index (χ1v) is 11.9. The molecule has 12 heteroatoms. The molecule has 2 aromatic rings. The van der Waals surface area contributed by atoms with Crippen LogP contribution in [-0.2, 0) is 17.5 Å². The van der Waals surface area contributed by atoms with Gasteiger partial charge in [0.1, 0.15) is 0 Å². The van der Waals surface area contributed by atoms with Gasteiger partial charge in [0, 0.05) is 38.3 Å². The SMILES string of the molecule is O=C1NC(=O)C(=Cc2cc(C(F)(F)F)cc(Cl)c2N2CCN(Cc3ccc4c(c3)OCO4)CC2)S1. The molecule has 184 valence electrons. The van der Waals surface area contributed by atoms with Gasteiger partial charge in [0.15, 0.2) is 11.5 Å². The van der Waals surface area contributed by atoms with E-state index >= 15 is 0 Å². The maximum Gasteiger partial charge on any atom is 0.416 e. The molecule has 0 atom stereocenters. The van der Waals surface area contributed by atoms with Gasteiger partial charge in [-0.1, -0.05) is 17.7 Å². The molecule has 2 aromatic carbocycles. The molecule has 0 aliphatic carbocycles. The summed E-state index contributed by atoms with van der Waals surface area (Å²) in [6.07, 6.45) is -3.32. The van der Waals surface area contributed by atoms with Gasteiger partial charge in [-0.05, 0) is 47.7 Å². The van der Waals surface area contributed by atoms with Crippen LogP contribution in [0.5, 0.6) is 11.5 Å². The number of piperazine rings is 1. The molecule has 3 heterocycles. The van der Waals surface area contributed by atoms with Crippen molar-refractivity contribution in [1.29, 1.82) is 0 Å². The molecule has 0 aromatic heterocycles. The van der Waals surface area contributed by atoms with Crippen molar-refractivity contribution in [3.8, 4) is 11.5 Å². The number of hydrogen-bond acceptors (Lipinski definition) is 7. The second kappa shape index (κ2) is 9.29. The number of alkyl halides is 3. The number of carbonyl (C=O) groups is 2. The van der Waals surface area contributed by atoms with Crippen LogP contribution in [0.2, 0.25) is 5.02 Å². The van der Waals surface area contributed by atoms with Crippen LogP contribution in [0, 0.1) is 0 Å². The number of benzene rings is 2. The third kappa shape index (κ3) is 5.07. The fourth-order valence-electron chi connectivity index (χ4n) is 4.22. The lowest BCUT2D eigenvalue weighted by Crippen LogP contribution is -2.46. The molecule has 1 N–H and O–H groups in total. The van der Waals surface area contributed by atoms with E-state index in [9.17, 15) is 22.8 Å². The fraction of sp³-hybridized carbons (Fsp3) is 0.304. The molecule has 35 heavy (non-hydrogen) atoms. The van der Waals surface area contributed by atoms with Gasteiger partial charge in [0.2, 0.25) is 6.79 Å². The smallest absolute Gasteiger partial charge is 0.416 e. The average Bonchev–Trinajstić information content (AvgIpc) is 3.39. The Hall–Kier alpha value is -2.89. The van der Waals surface area contributed by atoms with Gasteiger partial charge in [-0.3, -0.25) is 19.8 Å². The van der Waals surface area contributed by atoms with Crippen LogP contribution in [0.15, 0.2) is 35.2 Å². The van der Waals surface area contributed by atoms with Gasteiger partial charge < -0.3 is 14.4 Å². The molecule has 0 saturated carbocycles. The summed E-state index contributed by atoms with van der Waals surface area (Å²) in [4.78, 5) is 27.7. The zero-order chi connectivity index (χ0) is 24.7. The maximum atomic E-state index is 13.5. The molecule has 2 saturated heterocycles. The predicted molar refractivity (Wildman–Crippen MR) is 126 cm³/mol. The standard InChI is InChI=1S/C23H19ClF3N3O4S/c24-16-10-15(23(25,26)27)8-14(9-19-21(31)28-22(32)35-19)20(16)30-5-3-29(4-6-30)11-13-1-2-17-18(7-13)34-12-33-17/h1-2,7-10H,3-6,11-12H2,(H,28,31,32). The van der Waals surface area contributed by atoms with Crippen molar-refractivity contribution in [2.75, 3.05) is 37.9 Å². The third-order valence-electron chi connectivity index (χ3n) is 5.88. The zero-order valence-corrected chi connectivity index (χ0v) is 19.7. The Kier molecular flexibility index (Phi) is 6.32. The van der Waals surface area contributed by atoms with Crippen molar-refractivity contribution in [1.82, 2.24) is 10.2 Å². The number of ether oxygens (including phenoxy) is 2. The molecule has 0 spiro atoms. The summed E-state index contributed by atoms with van der Waals surface area (Å²) in [6, 6.07) is 7.65. The van der Waals surface area contributed by atoms with Gasteiger partial charge in [-0.2, -0.15) is 13.2 Å². The van der Waals surface area contributed by atoms with Crippen molar-refractivity contribution in [2.24, 2.45) is 0 Å². The quantitative estimate of drug-likeness (QED) is 0.578. The zero-order valence-electron chi connectivity index (χ0n) is 18.2. The van der Waals surface area contributed by atoms with Crippen LogP contribution < -0.4 is 19.7 Å². The predicted octanol–water partition coefficient (Wildman–Crippen LogP) is 4.73. The first-order chi connectivity index (χ1) is 16.7. The van der Waals surface area contributed by atoms with E-state index in [1.807, 2.05) is 23.1 Å². The summed E-state index contributed by atoms with van der Waals surface area (Å²) in [5, 5.41) is 1.48. The maximum absolute atomic E-state index is 13.5. The molecule has 2 fully saturated rings. The summed E-state index contributed by atoms with van der Waals surface area (Å²) in [6.45, 7) is 3.22. The normalized spacial score (nSPS) is 19.5. The molecule has 3 aliphatic rings. The van der Waals surface area contributed by atoms with E-state index in [-0.39, 0.29) is 22.3 Å². The molecule has 0 bridgehead atoms.